The summed E-state index contributed by atoms with van der Waals surface area (Å²) >= 11 is 3.37. The van der Waals surface area contributed by atoms with Crippen LogP contribution >= 0.6 is 15.9 Å². The number of nitrogens with zero attached hydrogens (tertiary/aromatic N) is 4. The Labute approximate surface area is 177 Å². The highest BCUT2D eigenvalue weighted by atomic mass is 79.9. The summed E-state index contributed by atoms with van der Waals surface area (Å²) in [4.78, 5) is 12.5. The molecule has 142 valence electrons. The number of halogens is 1. The van der Waals surface area contributed by atoms with E-state index in [4.69, 9.17) is 34.7 Å². The molecule has 0 aliphatic rings. The lowest BCUT2D eigenvalue weighted by molar-refractivity contribution is 0.464. The van der Waals surface area contributed by atoms with Gasteiger partial charge in [-0.15, -0.1) is 0 Å². The van der Waals surface area contributed by atoms with Crippen molar-refractivity contribution in [3.8, 4) is 0 Å². The smallest absolute Gasteiger partial charge is 0.230 e. The largest absolute Gasteiger partial charge is 0.400 e. The number of anilines is 2. The molecule has 6 N–H and O–H groups in total. The van der Waals surface area contributed by atoms with Crippen LogP contribution in [0.1, 0.15) is 20.8 Å². The zero-order chi connectivity index (χ0) is 21.4. The average Bonchev–Trinajstić information content (AvgIpc) is 2.56. The number of amidine groups is 1. The summed E-state index contributed by atoms with van der Waals surface area (Å²) in [6.07, 6.45) is 5.39. The topological polar surface area (TPSA) is 136 Å². The summed E-state index contributed by atoms with van der Waals surface area (Å²) in [6.45, 7) is 6.20. The van der Waals surface area contributed by atoms with Crippen LogP contribution in [0.3, 0.4) is 0 Å². The van der Waals surface area contributed by atoms with Gasteiger partial charge < -0.3 is 21.8 Å². The highest BCUT2D eigenvalue weighted by Gasteiger charge is 2.21. The van der Waals surface area contributed by atoms with Crippen molar-refractivity contribution in [1.29, 1.82) is 5.41 Å². The fourth-order valence-corrected chi connectivity index (χ4v) is 2.10. The van der Waals surface area contributed by atoms with E-state index in [2.05, 4.69) is 52.1 Å². The Bertz CT molecular complexity index is 773. The number of aliphatic imine (C=N–C) groups is 1. The van der Waals surface area contributed by atoms with Crippen LogP contribution in [-0.4, -0.2) is 69.1 Å². The van der Waals surface area contributed by atoms with Gasteiger partial charge in [0.25, 0.3) is 0 Å². The first-order valence-corrected chi connectivity index (χ1v) is 9.04. The third-order valence-corrected chi connectivity index (χ3v) is 3.73. The first-order chi connectivity index (χ1) is 13.0. The van der Waals surface area contributed by atoms with E-state index in [1.807, 2.05) is 6.92 Å². The highest BCUT2D eigenvalue weighted by molar-refractivity contribution is 9.10. The third kappa shape index (κ3) is 8.16. The number of hydrazone groups is 1. The number of hydrogen-bond acceptors (Lipinski definition) is 8. The van der Waals surface area contributed by atoms with Crippen LogP contribution in [0.4, 0.5) is 11.8 Å². The van der Waals surface area contributed by atoms with Crippen LogP contribution in [0, 0.1) is 5.41 Å². The second-order valence-electron chi connectivity index (χ2n) is 6.21. The number of rotatable bonds is 9. The lowest BCUT2D eigenvalue weighted by Crippen LogP contribution is -2.42. The molecule has 0 aliphatic heterocycles. The number of hydrogen-bond donors (Lipinski definition) is 5. The molecule has 0 aromatic carbocycles. The number of nitrogens with two attached hydrogens (primary N) is 1. The Morgan fingerprint density at radius 1 is 1.39 bits per heavy atom. The number of aromatic nitrogens is 2. The van der Waals surface area contributed by atoms with Crippen LogP contribution in [0.15, 0.2) is 32.5 Å². The van der Waals surface area contributed by atoms with Crippen molar-refractivity contribution in [2.24, 2.45) is 15.8 Å². The molecule has 9 nitrogen and oxygen atoms in total. The monoisotopic (exact) mass is 439 g/mol. The van der Waals surface area contributed by atoms with Gasteiger partial charge in [0.15, 0.2) is 0 Å². The van der Waals surface area contributed by atoms with Crippen molar-refractivity contribution in [3.05, 3.63) is 22.4 Å². The van der Waals surface area contributed by atoms with Gasteiger partial charge in [-0.25, -0.2) is 4.98 Å². The van der Waals surface area contributed by atoms with Gasteiger partial charge in [0.2, 0.25) is 5.95 Å². The number of nitrogens with one attached hydrogen (secondary N) is 4. The summed E-state index contributed by atoms with van der Waals surface area (Å²) in [5.74, 6) is 0.984. The average molecular weight is 440 g/mol. The minimum Gasteiger partial charge on any atom is -0.400 e. The molecule has 1 aromatic heterocycles. The normalized spacial score (nSPS) is 13.4. The second kappa shape index (κ2) is 10.3. The molecule has 0 fully saturated rings. The maximum atomic E-state index is 6.96. The lowest BCUT2D eigenvalue weighted by atomic mass is 9.50. The zero-order valence-electron chi connectivity index (χ0n) is 16.0. The molecule has 0 spiro atoms. The first-order valence-electron chi connectivity index (χ1n) is 8.25. The van der Waals surface area contributed by atoms with Gasteiger partial charge in [-0.1, -0.05) is 0 Å². The van der Waals surface area contributed by atoms with Gasteiger partial charge in [0.05, 0.1) is 39.8 Å². The summed E-state index contributed by atoms with van der Waals surface area (Å²) in [7, 11) is 16.8. The minimum absolute atomic E-state index is 0.153. The van der Waals surface area contributed by atoms with Crippen LogP contribution in [0.2, 0.25) is 0 Å². The van der Waals surface area contributed by atoms with Crippen LogP contribution in [0.5, 0.6) is 0 Å². The molecule has 0 saturated heterocycles. The third-order valence-electron chi connectivity index (χ3n) is 3.15. The van der Waals surface area contributed by atoms with Crippen molar-refractivity contribution < 1.29 is 0 Å². The van der Waals surface area contributed by atoms with Crippen LogP contribution < -0.4 is 21.8 Å². The van der Waals surface area contributed by atoms with Gasteiger partial charge in [-0.05, 0) is 41.9 Å². The summed E-state index contributed by atoms with van der Waals surface area (Å²) in [5.41, 5.74) is 8.57. The van der Waals surface area contributed by atoms with Gasteiger partial charge >= 0.3 is 0 Å². The standard InChI is InChI=1S/C15H21B3BrN9/c1-4-22-12-9(19)8-23-13(26-12)25-11(27-15(16,17)18)7-10(21)14(2,3)28-24-6-5-20/h5-8,20,28H,4,21H2,1-3H3,(H2,22,23,25,26,27)/b10-7?,20-5?,24-6-. The molecule has 0 unspecified atom stereocenters. The van der Waals surface area contributed by atoms with Crippen molar-refractivity contribution >= 4 is 69.5 Å². The van der Waals surface area contributed by atoms with E-state index < -0.39 is 10.8 Å². The quantitative estimate of drug-likeness (QED) is 0.164. The Kier molecular flexibility index (Phi) is 8.74. The molecule has 0 saturated carbocycles. The Hall–Kier alpha value is -2.30. The van der Waals surface area contributed by atoms with E-state index in [-0.39, 0.29) is 11.8 Å². The zero-order valence-corrected chi connectivity index (χ0v) is 17.6. The van der Waals surface area contributed by atoms with E-state index in [1.54, 1.807) is 20.0 Å². The van der Waals surface area contributed by atoms with Gasteiger partial charge in [-0.3, -0.25) is 10.4 Å². The fourth-order valence-electron chi connectivity index (χ4n) is 1.77. The molecule has 1 heterocycles. The summed E-state index contributed by atoms with van der Waals surface area (Å²) in [5, 5.41) is 15.0. The molecule has 1 aromatic rings. The van der Waals surface area contributed by atoms with E-state index in [0.29, 0.717) is 22.5 Å². The van der Waals surface area contributed by atoms with Crippen LogP contribution in [0.25, 0.3) is 0 Å². The predicted molar refractivity (Wildman–Crippen MR) is 122 cm³/mol. The Morgan fingerprint density at radius 2 is 2.07 bits per heavy atom. The SMILES string of the molecule is [B]C([B])([B])N=C(C=C(N)C(C)(C)N/N=C\C=N)Nc1ncc(Br)c(NCC)n1. The highest BCUT2D eigenvalue weighted by Crippen LogP contribution is 2.20. The summed E-state index contributed by atoms with van der Waals surface area (Å²) < 4.78 is 0.702. The van der Waals surface area contributed by atoms with Gasteiger partial charge in [-0.2, -0.15) is 10.1 Å². The van der Waals surface area contributed by atoms with E-state index in [0.717, 1.165) is 6.21 Å². The van der Waals surface area contributed by atoms with Gasteiger partial charge in [0, 0.05) is 30.7 Å². The fraction of sp³-hybridized carbons (Fsp3) is 0.400. The molecule has 0 amide bonds. The molecule has 6 radical (unpaired) electrons. The lowest BCUT2D eigenvalue weighted by Gasteiger charge is -2.25. The maximum Gasteiger partial charge on any atom is 0.230 e. The Morgan fingerprint density at radius 3 is 2.64 bits per heavy atom. The molecule has 0 aliphatic carbocycles. The summed E-state index contributed by atoms with van der Waals surface area (Å²) in [6, 6.07) is 0. The van der Waals surface area contributed by atoms with E-state index >= 15 is 0 Å². The van der Waals surface area contributed by atoms with Crippen LogP contribution in [-0.2, 0) is 0 Å². The second-order valence-corrected chi connectivity index (χ2v) is 7.07. The van der Waals surface area contributed by atoms with Crippen molar-refractivity contribution in [2.75, 3.05) is 17.2 Å². The molecule has 0 bridgehead atoms. The molecule has 0 atom stereocenters. The first kappa shape index (κ1) is 23.7. The Balaban J connectivity index is 3.21. The van der Waals surface area contributed by atoms with E-state index in [1.165, 1.54) is 12.3 Å². The van der Waals surface area contributed by atoms with Gasteiger partial charge in [0.1, 0.15) is 11.7 Å². The van der Waals surface area contributed by atoms with Crippen molar-refractivity contribution in [3.63, 3.8) is 0 Å². The molecule has 28 heavy (non-hydrogen) atoms. The molecular formula is C15H21B3BrN9. The predicted octanol–water partition coefficient (Wildman–Crippen LogP) is 0.444. The minimum atomic E-state index is -1.84. The van der Waals surface area contributed by atoms with Crippen molar-refractivity contribution in [2.45, 2.75) is 31.5 Å². The molecule has 13 heteroatoms. The molecular weight excluding hydrogens is 419 g/mol. The van der Waals surface area contributed by atoms with E-state index in [9.17, 15) is 0 Å². The van der Waals surface area contributed by atoms with Crippen molar-refractivity contribution in [1.82, 2.24) is 15.4 Å². The molecule has 1 rings (SSSR count). The maximum absolute atomic E-state index is 6.96.